The first-order valence-corrected chi connectivity index (χ1v) is 4.09. The molecule has 1 nitrogen and oxygen atoms in total. The van der Waals surface area contributed by atoms with E-state index in [0.29, 0.717) is 0 Å². The molecule has 0 spiro atoms. The fourth-order valence-corrected chi connectivity index (χ4v) is 1.01. The Morgan fingerprint density at radius 2 is 2.33 bits per heavy atom. The van der Waals surface area contributed by atoms with Crippen LogP contribution in [0.3, 0.4) is 0 Å². The first-order valence-electron chi connectivity index (χ1n) is 3.04. The molecule has 2 heteroatoms. The molecular weight excluding hydrogens is 132 g/mol. The van der Waals surface area contributed by atoms with Gasteiger partial charge in [-0.3, -0.25) is 4.79 Å². The monoisotopic (exact) mass is 144 g/mol. The first-order chi connectivity index (χ1) is 4.31. The van der Waals surface area contributed by atoms with Gasteiger partial charge in [0, 0.05) is 0 Å². The van der Waals surface area contributed by atoms with Crippen molar-refractivity contribution in [1.82, 2.24) is 0 Å². The summed E-state index contributed by atoms with van der Waals surface area (Å²) >= 11 is 1.69. The predicted octanol–water partition coefficient (Wildman–Crippen LogP) is 2.23. The molecule has 0 amide bonds. The Morgan fingerprint density at radius 1 is 1.67 bits per heavy atom. The first kappa shape index (κ1) is 8.76. The predicted molar refractivity (Wildman–Crippen MR) is 42.6 cm³/mol. The molecule has 52 valence electrons. The van der Waals surface area contributed by atoms with Gasteiger partial charge in [0.15, 0.2) is 0 Å². The minimum Gasteiger partial charge on any atom is -0.298 e. The summed E-state index contributed by atoms with van der Waals surface area (Å²) in [6.07, 6.45) is 2.04. The highest BCUT2D eigenvalue weighted by atomic mass is 32.2. The lowest BCUT2D eigenvalue weighted by atomic mass is 10.4. The van der Waals surface area contributed by atoms with Crippen molar-refractivity contribution in [2.45, 2.75) is 20.3 Å². The van der Waals surface area contributed by atoms with Crippen LogP contribution >= 0.6 is 11.8 Å². The van der Waals surface area contributed by atoms with Gasteiger partial charge in [-0.25, -0.2) is 0 Å². The highest BCUT2D eigenvalue weighted by molar-refractivity contribution is 8.02. The number of aldehydes is 1. The van der Waals surface area contributed by atoms with Crippen LogP contribution in [0.25, 0.3) is 0 Å². The van der Waals surface area contributed by atoms with E-state index < -0.39 is 0 Å². The van der Waals surface area contributed by atoms with Crippen LogP contribution in [0.2, 0.25) is 0 Å². The molecule has 0 atom stereocenters. The molecule has 0 aliphatic rings. The van der Waals surface area contributed by atoms with Crippen molar-refractivity contribution in [2.75, 3.05) is 5.75 Å². The van der Waals surface area contributed by atoms with Gasteiger partial charge < -0.3 is 0 Å². The normalized spacial score (nSPS) is 11.6. The van der Waals surface area contributed by atoms with E-state index in [9.17, 15) is 4.79 Å². The maximum absolute atomic E-state index is 10.0. The summed E-state index contributed by atoms with van der Waals surface area (Å²) in [6, 6.07) is 0. The molecule has 0 aromatic heterocycles. The van der Waals surface area contributed by atoms with Crippen molar-refractivity contribution >= 4 is 18.0 Å². The third-order valence-electron chi connectivity index (χ3n) is 0.777. The Bertz CT molecular complexity index is 107. The SMILES string of the molecule is CCCS/C=C(\C)C=O. The lowest BCUT2D eigenvalue weighted by Gasteiger charge is -1.88. The summed E-state index contributed by atoms with van der Waals surface area (Å²) in [5.41, 5.74) is 0.813. The van der Waals surface area contributed by atoms with E-state index in [2.05, 4.69) is 6.92 Å². The third kappa shape index (κ3) is 5.63. The van der Waals surface area contributed by atoms with E-state index in [4.69, 9.17) is 0 Å². The minimum atomic E-state index is 0.813. The quantitative estimate of drug-likeness (QED) is 0.342. The average molecular weight is 144 g/mol. The standard InChI is InChI=1S/C7H12OS/c1-3-4-9-6-7(2)5-8/h5-6H,3-4H2,1-2H3/b7-6+. The highest BCUT2D eigenvalue weighted by Gasteiger charge is 1.82. The van der Waals surface area contributed by atoms with Gasteiger partial charge in [0.05, 0.1) is 0 Å². The lowest BCUT2D eigenvalue weighted by Crippen LogP contribution is -1.74. The average Bonchev–Trinajstić information content (AvgIpc) is 1.89. The second kappa shape index (κ2) is 5.89. The Labute approximate surface area is 60.5 Å². The van der Waals surface area contributed by atoms with Gasteiger partial charge in [-0.15, -0.1) is 11.8 Å². The van der Waals surface area contributed by atoms with Crippen LogP contribution < -0.4 is 0 Å². The van der Waals surface area contributed by atoms with Crippen LogP contribution in [0.1, 0.15) is 20.3 Å². The van der Waals surface area contributed by atoms with Gasteiger partial charge >= 0.3 is 0 Å². The molecular formula is C7H12OS. The molecule has 0 aliphatic heterocycles. The smallest absolute Gasteiger partial charge is 0.146 e. The summed E-state index contributed by atoms with van der Waals surface area (Å²) in [5.74, 6) is 1.10. The zero-order valence-corrected chi connectivity index (χ0v) is 6.70. The number of thioether (sulfide) groups is 1. The fraction of sp³-hybridized carbons (Fsp3) is 0.571. The van der Waals surface area contributed by atoms with Crippen LogP contribution in [-0.2, 0) is 4.79 Å². The fourth-order valence-electron chi connectivity index (χ4n) is 0.336. The molecule has 0 N–H and O–H groups in total. The van der Waals surface area contributed by atoms with E-state index in [1.54, 1.807) is 11.8 Å². The minimum absolute atomic E-state index is 0.813. The van der Waals surface area contributed by atoms with Crippen molar-refractivity contribution in [3.63, 3.8) is 0 Å². The van der Waals surface area contributed by atoms with Gasteiger partial charge in [-0.2, -0.15) is 0 Å². The van der Waals surface area contributed by atoms with E-state index in [1.807, 2.05) is 12.3 Å². The summed E-state index contributed by atoms with van der Waals surface area (Å²) in [4.78, 5) is 10.0. The Kier molecular flexibility index (Phi) is 5.73. The van der Waals surface area contributed by atoms with Crippen LogP contribution in [0, 0.1) is 0 Å². The summed E-state index contributed by atoms with van der Waals surface area (Å²) in [7, 11) is 0. The molecule has 0 saturated heterocycles. The second-order valence-corrected chi connectivity index (χ2v) is 2.83. The van der Waals surface area contributed by atoms with Crippen molar-refractivity contribution in [1.29, 1.82) is 0 Å². The van der Waals surface area contributed by atoms with Crippen molar-refractivity contribution < 1.29 is 4.79 Å². The van der Waals surface area contributed by atoms with Crippen LogP contribution in [0.15, 0.2) is 11.0 Å². The maximum atomic E-state index is 10.0. The second-order valence-electron chi connectivity index (χ2n) is 1.85. The van der Waals surface area contributed by atoms with Crippen molar-refractivity contribution in [2.24, 2.45) is 0 Å². The van der Waals surface area contributed by atoms with Gasteiger partial charge in [0.1, 0.15) is 6.29 Å². The van der Waals surface area contributed by atoms with Gasteiger partial charge in [0.25, 0.3) is 0 Å². The number of carbonyl (C=O) groups is 1. The molecule has 0 radical (unpaired) electrons. The van der Waals surface area contributed by atoms with E-state index in [-0.39, 0.29) is 0 Å². The summed E-state index contributed by atoms with van der Waals surface area (Å²) < 4.78 is 0. The largest absolute Gasteiger partial charge is 0.298 e. The van der Waals surface area contributed by atoms with Gasteiger partial charge in [0.2, 0.25) is 0 Å². The van der Waals surface area contributed by atoms with E-state index in [1.165, 1.54) is 0 Å². The number of hydrogen-bond donors (Lipinski definition) is 0. The number of rotatable bonds is 4. The summed E-state index contributed by atoms with van der Waals surface area (Å²) in [6.45, 7) is 3.94. The molecule has 0 heterocycles. The zero-order chi connectivity index (χ0) is 7.11. The lowest BCUT2D eigenvalue weighted by molar-refractivity contribution is -0.104. The number of carbonyl (C=O) groups excluding carboxylic acids is 1. The third-order valence-corrected chi connectivity index (χ3v) is 1.96. The molecule has 0 saturated carbocycles. The molecule has 0 fully saturated rings. The molecule has 0 bridgehead atoms. The maximum Gasteiger partial charge on any atom is 0.146 e. The van der Waals surface area contributed by atoms with Gasteiger partial charge in [-0.05, 0) is 30.1 Å². The zero-order valence-electron chi connectivity index (χ0n) is 5.89. The van der Waals surface area contributed by atoms with E-state index in [0.717, 1.165) is 24.0 Å². The van der Waals surface area contributed by atoms with Crippen molar-refractivity contribution in [3.05, 3.63) is 11.0 Å². The summed E-state index contributed by atoms with van der Waals surface area (Å²) in [5, 5.41) is 1.90. The molecule has 0 rings (SSSR count). The highest BCUT2D eigenvalue weighted by Crippen LogP contribution is 2.05. The van der Waals surface area contributed by atoms with Crippen molar-refractivity contribution in [3.8, 4) is 0 Å². The topological polar surface area (TPSA) is 17.1 Å². The molecule has 0 aromatic carbocycles. The van der Waals surface area contributed by atoms with Crippen LogP contribution in [-0.4, -0.2) is 12.0 Å². The molecule has 0 unspecified atom stereocenters. The molecule has 0 aromatic rings. The number of allylic oxidation sites excluding steroid dienone is 1. The number of hydrogen-bond acceptors (Lipinski definition) is 2. The van der Waals surface area contributed by atoms with E-state index >= 15 is 0 Å². The van der Waals surface area contributed by atoms with Crippen LogP contribution in [0.4, 0.5) is 0 Å². The Morgan fingerprint density at radius 3 is 2.78 bits per heavy atom. The Hall–Kier alpha value is -0.240. The Balaban J connectivity index is 3.31. The van der Waals surface area contributed by atoms with Crippen LogP contribution in [0.5, 0.6) is 0 Å². The van der Waals surface area contributed by atoms with Gasteiger partial charge in [-0.1, -0.05) is 6.92 Å². The molecule has 9 heavy (non-hydrogen) atoms. The molecule has 0 aliphatic carbocycles.